The molecular formula is C14H16BrN5O3S2. The summed E-state index contributed by atoms with van der Waals surface area (Å²) in [7, 11) is 0. The average molecular weight is 446 g/mol. The minimum absolute atomic E-state index is 0.180. The first kappa shape index (κ1) is 19.6. The number of imide groups is 1. The van der Waals surface area contributed by atoms with Crippen molar-refractivity contribution in [2.75, 3.05) is 6.61 Å². The molecule has 2 rings (SSSR count). The van der Waals surface area contributed by atoms with Gasteiger partial charge in [-0.05, 0) is 28.9 Å². The van der Waals surface area contributed by atoms with E-state index in [9.17, 15) is 9.59 Å². The van der Waals surface area contributed by atoms with E-state index in [0.29, 0.717) is 10.0 Å². The first-order chi connectivity index (χ1) is 11.9. The monoisotopic (exact) mass is 445 g/mol. The summed E-state index contributed by atoms with van der Waals surface area (Å²) < 4.78 is 7.91. The zero-order valence-electron chi connectivity index (χ0n) is 13.7. The van der Waals surface area contributed by atoms with E-state index < -0.39 is 12.1 Å². The summed E-state index contributed by atoms with van der Waals surface area (Å²) in [5.41, 5.74) is 0.736. The molecule has 2 aromatic rings. The van der Waals surface area contributed by atoms with E-state index in [1.807, 2.05) is 25.2 Å². The number of hydrogen-bond donors (Lipinski definition) is 2. The number of rotatable bonds is 5. The summed E-state index contributed by atoms with van der Waals surface area (Å²) in [5, 5.41) is 12.6. The van der Waals surface area contributed by atoms with Crippen LogP contribution in [0.1, 0.15) is 31.7 Å². The van der Waals surface area contributed by atoms with Gasteiger partial charge in [0.05, 0.1) is 6.61 Å². The largest absolute Gasteiger partial charge is 0.450 e. The quantitative estimate of drug-likeness (QED) is 0.670. The minimum Gasteiger partial charge on any atom is -0.450 e. The van der Waals surface area contributed by atoms with Crippen molar-refractivity contribution in [2.45, 2.75) is 31.7 Å². The molecule has 2 N–H and O–H groups in total. The third-order valence-electron chi connectivity index (χ3n) is 2.71. The van der Waals surface area contributed by atoms with Crippen molar-refractivity contribution in [1.82, 2.24) is 25.2 Å². The van der Waals surface area contributed by atoms with E-state index in [4.69, 9.17) is 0 Å². The number of nitrogens with one attached hydrogen (secondary N) is 2. The van der Waals surface area contributed by atoms with Crippen molar-refractivity contribution in [2.24, 2.45) is 0 Å². The van der Waals surface area contributed by atoms with Crippen LogP contribution < -0.4 is 10.0 Å². The second-order valence-electron chi connectivity index (χ2n) is 4.99. The van der Waals surface area contributed by atoms with E-state index >= 15 is 0 Å². The number of amides is 3. The summed E-state index contributed by atoms with van der Waals surface area (Å²) >= 11 is 5.83. The fourth-order valence-corrected chi connectivity index (χ4v) is 3.49. The minimum atomic E-state index is -0.810. The van der Waals surface area contributed by atoms with Gasteiger partial charge in [-0.1, -0.05) is 25.2 Å². The normalized spacial score (nSPS) is 10.6. The van der Waals surface area contributed by atoms with E-state index in [0.717, 1.165) is 27.0 Å². The standard InChI is InChI=1S/C14H16BrN5O3S2/c1-4-23-14(22)17-13(21)20-25-11-9(5-8(15)6-16-11)12-19-18-10(24-12)7(2)3/h5-7H,4H2,1-3H3,(H2,17,20,21,22). The van der Waals surface area contributed by atoms with Crippen molar-refractivity contribution in [3.63, 3.8) is 0 Å². The lowest BCUT2D eigenvalue weighted by Gasteiger charge is -2.08. The van der Waals surface area contributed by atoms with Crippen LogP contribution in [0.3, 0.4) is 0 Å². The number of aromatic nitrogens is 3. The molecule has 134 valence electrons. The molecule has 0 aliphatic heterocycles. The molecule has 3 amide bonds. The lowest BCUT2D eigenvalue weighted by atomic mass is 10.2. The Hall–Kier alpha value is -1.72. The molecule has 0 saturated heterocycles. The van der Waals surface area contributed by atoms with Crippen LogP contribution in [0.15, 0.2) is 21.8 Å². The predicted molar refractivity (Wildman–Crippen MR) is 99.5 cm³/mol. The predicted octanol–water partition coefficient (Wildman–Crippen LogP) is 3.95. The summed E-state index contributed by atoms with van der Waals surface area (Å²) in [6, 6.07) is 1.16. The lowest BCUT2D eigenvalue weighted by molar-refractivity contribution is 0.153. The van der Waals surface area contributed by atoms with Gasteiger partial charge in [0.15, 0.2) is 5.01 Å². The number of nitrogens with zero attached hydrogens (tertiary/aromatic N) is 3. The highest BCUT2D eigenvalue weighted by Gasteiger charge is 2.16. The first-order valence-electron chi connectivity index (χ1n) is 7.30. The third-order valence-corrected chi connectivity index (χ3v) is 5.21. The molecule has 25 heavy (non-hydrogen) atoms. The Kier molecular flexibility index (Phi) is 7.14. The van der Waals surface area contributed by atoms with Gasteiger partial charge in [-0.15, -0.1) is 10.2 Å². The van der Waals surface area contributed by atoms with Crippen LogP contribution in [-0.4, -0.2) is 33.9 Å². The number of alkyl carbamates (subject to hydrolysis) is 1. The SMILES string of the molecule is CCOC(=O)NC(=O)NSc1ncc(Br)cc1-c1nnc(C(C)C)s1. The number of hydrogen-bond acceptors (Lipinski definition) is 8. The van der Waals surface area contributed by atoms with Gasteiger partial charge in [0, 0.05) is 34.1 Å². The molecule has 0 saturated carbocycles. The molecule has 0 aliphatic carbocycles. The second kappa shape index (κ2) is 9.11. The third kappa shape index (κ3) is 5.65. The molecule has 0 fully saturated rings. The lowest BCUT2D eigenvalue weighted by Crippen LogP contribution is -2.36. The maximum Gasteiger partial charge on any atom is 0.415 e. The van der Waals surface area contributed by atoms with Crippen molar-refractivity contribution in [3.8, 4) is 10.6 Å². The number of ether oxygens (including phenoxy) is 1. The zero-order chi connectivity index (χ0) is 18.4. The smallest absolute Gasteiger partial charge is 0.415 e. The van der Waals surface area contributed by atoms with Gasteiger partial charge in [-0.3, -0.25) is 4.72 Å². The van der Waals surface area contributed by atoms with Crippen LogP contribution in [0.4, 0.5) is 9.59 Å². The van der Waals surface area contributed by atoms with Gasteiger partial charge in [0.2, 0.25) is 0 Å². The van der Waals surface area contributed by atoms with E-state index in [1.54, 1.807) is 13.1 Å². The van der Waals surface area contributed by atoms with Crippen LogP contribution in [0, 0.1) is 0 Å². The Balaban J connectivity index is 2.13. The summed E-state index contributed by atoms with van der Waals surface area (Å²) in [6.07, 6.45) is 0.802. The molecule has 0 atom stereocenters. The Bertz CT molecular complexity index is 769. The van der Waals surface area contributed by atoms with Gasteiger partial charge < -0.3 is 4.74 Å². The summed E-state index contributed by atoms with van der Waals surface area (Å²) in [5.74, 6) is 0.274. The van der Waals surface area contributed by atoms with Gasteiger partial charge in [0.25, 0.3) is 0 Å². The number of halogens is 1. The van der Waals surface area contributed by atoms with Crippen molar-refractivity contribution in [1.29, 1.82) is 0 Å². The van der Waals surface area contributed by atoms with Crippen LogP contribution in [0.5, 0.6) is 0 Å². The number of urea groups is 1. The highest BCUT2D eigenvalue weighted by molar-refractivity contribution is 9.10. The van der Waals surface area contributed by atoms with Crippen molar-refractivity contribution >= 4 is 51.3 Å². The molecule has 0 unspecified atom stereocenters. The van der Waals surface area contributed by atoms with Crippen molar-refractivity contribution < 1.29 is 14.3 Å². The Morgan fingerprint density at radius 3 is 2.80 bits per heavy atom. The highest BCUT2D eigenvalue weighted by atomic mass is 79.9. The second-order valence-corrected chi connectivity index (χ2v) is 7.70. The Morgan fingerprint density at radius 2 is 2.16 bits per heavy atom. The topological polar surface area (TPSA) is 106 Å². The summed E-state index contributed by atoms with van der Waals surface area (Å²) in [6.45, 7) is 5.92. The van der Waals surface area contributed by atoms with Gasteiger partial charge in [0.1, 0.15) is 10.0 Å². The van der Waals surface area contributed by atoms with E-state index in [-0.39, 0.29) is 12.5 Å². The molecule has 2 heterocycles. The fourth-order valence-electron chi connectivity index (χ4n) is 1.62. The van der Waals surface area contributed by atoms with E-state index in [2.05, 4.69) is 40.6 Å². The molecular weight excluding hydrogens is 430 g/mol. The molecule has 0 bridgehead atoms. The molecule has 0 radical (unpaired) electrons. The number of carbonyl (C=O) groups is 2. The van der Waals surface area contributed by atoms with Crippen LogP contribution >= 0.6 is 39.2 Å². The van der Waals surface area contributed by atoms with Crippen LogP contribution in [0.25, 0.3) is 10.6 Å². The number of carbonyl (C=O) groups excluding carboxylic acids is 2. The maximum absolute atomic E-state index is 11.7. The van der Waals surface area contributed by atoms with Crippen LogP contribution in [-0.2, 0) is 4.74 Å². The molecule has 11 heteroatoms. The maximum atomic E-state index is 11.7. The van der Waals surface area contributed by atoms with Crippen molar-refractivity contribution in [3.05, 3.63) is 21.7 Å². The average Bonchev–Trinajstić information content (AvgIpc) is 3.04. The van der Waals surface area contributed by atoms with Gasteiger partial charge >= 0.3 is 12.1 Å². The highest BCUT2D eigenvalue weighted by Crippen LogP contribution is 2.34. The summed E-state index contributed by atoms with van der Waals surface area (Å²) in [4.78, 5) is 27.2. The Morgan fingerprint density at radius 1 is 1.40 bits per heavy atom. The first-order valence-corrected chi connectivity index (χ1v) is 9.73. The molecule has 0 aliphatic rings. The molecule has 0 aromatic carbocycles. The molecule has 8 nitrogen and oxygen atoms in total. The molecule has 0 spiro atoms. The Labute approximate surface area is 161 Å². The fraction of sp³-hybridized carbons (Fsp3) is 0.357. The van der Waals surface area contributed by atoms with Gasteiger partial charge in [-0.25, -0.2) is 19.9 Å². The number of pyridine rings is 1. The zero-order valence-corrected chi connectivity index (χ0v) is 16.9. The van der Waals surface area contributed by atoms with Crippen LogP contribution in [0.2, 0.25) is 0 Å². The van der Waals surface area contributed by atoms with E-state index in [1.165, 1.54) is 11.3 Å². The molecule has 2 aromatic heterocycles. The van der Waals surface area contributed by atoms with Gasteiger partial charge in [-0.2, -0.15) is 0 Å².